The zero-order valence-electron chi connectivity index (χ0n) is 10.8. The number of hydrogen-bond acceptors (Lipinski definition) is 3. The van der Waals surface area contributed by atoms with Crippen molar-refractivity contribution in [3.05, 3.63) is 48.0 Å². The van der Waals surface area contributed by atoms with Crippen LogP contribution in [0.4, 0.5) is 4.79 Å². The van der Waals surface area contributed by atoms with Crippen LogP contribution >= 0.6 is 0 Å². The smallest absolute Gasteiger partial charge is 0.504 e. The molecule has 4 heteroatoms. The van der Waals surface area contributed by atoms with E-state index in [2.05, 4.69) is 0 Å². The molecule has 0 aliphatic rings. The van der Waals surface area contributed by atoms with Gasteiger partial charge in [0.25, 0.3) is 0 Å². The number of carbonyl (C=O) groups is 1. The largest absolute Gasteiger partial charge is 0.511 e. The molecule has 3 aromatic rings. The van der Waals surface area contributed by atoms with Gasteiger partial charge in [0.1, 0.15) is 0 Å². The SMILES string of the molecule is Cc1cccc2c1c(O)c(OC(=O)O)c1ccccc12. The Morgan fingerprint density at radius 3 is 2.35 bits per heavy atom. The number of aromatic hydroxyl groups is 1. The third kappa shape index (κ3) is 1.73. The predicted molar refractivity (Wildman–Crippen MR) is 76.5 cm³/mol. The van der Waals surface area contributed by atoms with Crippen LogP contribution < -0.4 is 4.74 Å². The van der Waals surface area contributed by atoms with Crippen molar-refractivity contribution in [1.29, 1.82) is 0 Å². The molecule has 0 aliphatic carbocycles. The fourth-order valence-corrected chi connectivity index (χ4v) is 2.55. The van der Waals surface area contributed by atoms with Crippen LogP contribution in [0.1, 0.15) is 5.56 Å². The van der Waals surface area contributed by atoms with Crippen LogP contribution in [-0.2, 0) is 0 Å². The molecule has 0 radical (unpaired) electrons. The fourth-order valence-electron chi connectivity index (χ4n) is 2.55. The highest BCUT2D eigenvalue weighted by atomic mass is 16.7. The number of carboxylic acid groups (broad SMARTS) is 1. The van der Waals surface area contributed by atoms with Crippen LogP contribution in [0.25, 0.3) is 21.5 Å². The molecule has 0 saturated heterocycles. The minimum absolute atomic E-state index is 0.0186. The van der Waals surface area contributed by atoms with E-state index in [1.165, 1.54) is 0 Å². The number of benzene rings is 3. The molecule has 2 N–H and O–H groups in total. The lowest BCUT2D eigenvalue weighted by Crippen LogP contribution is -2.04. The van der Waals surface area contributed by atoms with Crippen molar-refractivity contribution in [3.8, 4) is 11.5 Å². The molecule has 0 heterocycles. The van der Waals surface area contributed by atoms with E-state index in [0.717, 1.165) is 16.3 Å². The summed E-state index contributed by atoms with van der Waals surface area (Å²) in [5.74, 6) is -0.158. The topological polar surface area (TPSA) is 66.8 Å². The average Bonchev–Trinajstić information content (AvgIpc) is 2.43. The van der Waals surface area contributed by atoms with Gasteiger partial charge in [0.2, 0.25) is 0 Å². The number of fused-ring (bicyclic) bond motifs is 3. The molecular weight excluding hydrogens is 256 g/mol. The van der Waals surface area contributed by atoms with Crippen LogP contribution in [0.15, 0.2) is 42.5 Å². The van der Waals surface area contributed by atoms with Gasteiger partial charge in [-0.3, -0.25) is 0 Å². The maximum Gasteiger partial charge on any atom is 0.511 e. The van der Waals surface area contributed by atoms with Crippen molar-refractivity contribution in [2.75, 3.05) is 0 Å². The van der Waals surface area contributed by atoms with Crippen LogP contribution in [0.5, 0.6) is 11.5 Å². The maximum atomic E-state index is 10.9. The van der Waals surface area contributed by atoms with Crippen molar-refractivity contribution in [3.63, 3.8) is 0 Å². The predicted octanol–water partition coefficient (Wildman–Crippen LogP) is 4.06. The summed E-state index contributed by atoms with van der Waals surface area (Å²) in [6, 6.07) is 12.9. The van der Waals surface area contributed by atoms with Gasteiger partial charge in [-0.1, -0.05) is 42.5 Å². The highest BCUT2D eigenvalue weighted by molar-refractivity contribution is 6.14. The molecule has 0 atom stereocenters. The minimum Gasteiger partial charge on any atom is -0.504 e. The van der Waals surface area contributed by atoms with Crippen molar-refractivity contribution < 1.29 is 19.7 Å². The zero-order chi connectivity index (χ0) is 14.3. The van der Waals surface area contributed by atoms with Gasteiger partial charge in [0, 0.05) is 10.8 Å². The molecule has 0 bridgehead atoms. The lowest BCUT2D eigenvalue weighted by Gasteiger charge is -2.13. The molecule has 0 aromatic heterocycles. The molecule has 4 nitrogen and oxygen atoms in total. The molecule has 100 valence electrons. The van der Waals surface area contributed by atoms with Gasteiger partial charge in [-0.15, -0.1) is 0 Å². The fraction of sp³-hybridized carbons (Fsp3) is 0.0625. The molecular formula is C16H12O4. The van der Waals surface area contributed by atoms with E-state index in [9.17, 15) is 9.90 Å². The van der Waals surface area contributed by atoms with Crippen molar-refractivity contribution >= 4 is 27.7 Å². The van der Waals surface area contributed by atoms with Crippen molar-refractivity contribution in [1.82, 2.24) is 0 Å². The molecule has 0 fully saturated rings. The second kappa shape index (κ2) is 4.42. The van der Waals surface area contributed by atoms with E-state index in [1.54, 1.807) is 12.1 Å². The summed E-state index contributed by atoms with van der Waals surface area (Å²) in [7, 11) is 0. The Morgan fingerprint density at radius 1 is 1.00 bits per heavy atom. The first-order chi connectivity index (χ1) is 9.59. The quantitative estimate of drug-likeness (QED) is 0.396. The van der Waals surface area contributed by atoms with Crippen molar-refractivity contribution in [2.24, 2.45) is 0 Å². The molecule has 0 amide bonds. The van der Waals surface area contributed by atoms with Gasteiger partial charge in [-0.2, -0.15) is 0 Å². The number of aryl methyl sites for hydroxylation is 1. The highest BCUT2D eigenvalue weighted by Gasteiger charge is 2.18. The second-order valence-electron chi connectivity index (χ2n) is 4.59. The van der Waals surface area contributed by atoms with Crippen LogP contribution in [0.3, 0.4) is 0 Å². The Morgan fingerprint density at radius 2 is 1.65 bits per heavy atom. The summed E-state index contributed by atoms with van der Waals surface area (Å²) in [6.07, 6.45) is -1.45. The number of phenols is 1. The first kappa shape index (κ1) is 12.3. The van der Waals surface area contributed by atoms with Gasteiger partial charge >= 0.3 is 6.16 Å². The zero-order valence-corrected chi connectivity index (χ0v) is 10.8. The van der Waals surface area contributed by atoms with Gasteiger partial charge in [0.05, 0.1) is 0 Å². The van der Waals surface area contributed by atoms with E-state index < -0.39 is 6.16 Å². The van der Waals surface area contributed by atoms with E-state index >= 15 is 0 Å². The Kier molecular flexibility index (Phi) is 2.71. The molecule has 0 saturated carbocycles. The lowest BCUT2D eigenvalue weighted by atomic mass is 9.97. The highest BCUT2D eigenvalue weighted by Crippen LogP contribution is 2.43. The van der Waals surface area contributed by atoms with E-state index in [0.29, 0.717) is 10.8 Å². The summed E-state index contributed by atoms with van der Waals surface area (Å²) < 4.78 is 4.79. The van der Waals surface area contributed by atoms with Gasteiger partial charge in [0.15, 0.2) is 11.5 Å². The average molecular weight is 268 g/mol. The van der Waals surface area contributed by atoms with Crippen LogP contribution in [0.2, 0.25) is 0 Å². The normalized spacial score (nSPS) is 10.8. The second-order valence-corrected chi connectivity index (χ2v) is 4.59. The van der Waals surface area contributed by atoms with E-state index in [1.807, 2.05) is 37.3 Å². The Hall–Kier alpha value is -2.75. The number of hydrogen-bond donors (Lipinski definition) is 2. The van der Waals surface area contributed by atoms with Gasteiger partial charge in [-0.25, -0.2) is 4.79 Å². The van der Waals surface area contributed by atoms with Crippen molar-refractivity contribution in [2.45, 2.75) is 6.92 Å². The first-order valence-electron chi connectivity index (χ1n) is 6.13. The summed E-state index contributed by atoms with van der Waals surface area (Å²) in [5.41, 5.74) is 0.862. The summed E-state index contributed by atoms with van der Waals surface area (Å²) in [4.78, 5) is 10.9. The summed E-state index contributed by atoms with van der Waals surface area (Å²) in [6.45, 7) is 1.86. The summed E-state index contributed by atoms with van der Waals surface area (Å²) >= 11 is 0. The Balaban J connectivity index is 2.55. The third-order valence-corrected chi connectivity index (χ3v) is 3.38. The molecule has 3 aromatic carbocycles. The lowest BCUT2D eigenvalue weighted by molar-refractivity contribution is 0.143. The standard InChI is InChI=1S/C16H12O4/c1-9-5-4-8-11-10-6-2-3-7-12(10)15(20-16(18)19)14(17)13(9)11/h2-8,17H,1H3,(H,18,19). The maximum absolute atomic E-state index is 10.9. The molecule has 0 unspecified atom stereocenters. The number of ether oxygens (including phenoxy) is 1. The van der Waals surface area contributed by atoms with E-state index in [-0.39, 0.29) is 11.5 Å². The van der Waals surface area contributed by atoms with Gasteiger partial charge < -0.3 is 14.9 Å². The Labute approximate surface area is 114 Å². The third-order valence-electron chi connectivity index (χ3n) is 3.38. The van der Waals surface area contributed by atoms with Gasteiger partial charge in [-0.05, 0) is 23.3 Å². The van der Waals surface area contributed by atoms with Crippen LogP contribution in [0, 0.1) is 6.92 Å². The minimum atomic E-state index is -1.45. The molecule has 3 rings (SSSR count). The number of rotatable bonds is 1. The Bertz CT molecular complexity index is 837. The van der Waals surface area contributed by atoms with E-state index in [4.69, 9.17) is 9.84 Å². The van der Waals surface area contributed by atoms with Crippen LogP contribution in [-0.4, -0.2) is 16.4 Å². The molecule has 0 aliphatic heterocycles. The first-order valence-corrected chi connectivity index (χ1v) is 6.13. The molecule has 20 heavy (non-hydrogen) atoms. The summed E-state index contributed by atoms with van der Waals surface area (Å²) in [5, 5.41) is 22.2. The monoisotopic (exact) mass is 268 g/mol. The number of phenolic OH excluding ortho intramolecular Hbond substituents is 1. The molecule has 0 spiro atoms.